The monoisotopic (exact) mass is 361 g/mol. The van der Waals surface area contributed by atoms with E-state index in [0.717, 1.165) is 43.7 Å². The zero-order chi connectivity index (χ0) is 18.0. The molecule has 0 radical (unpaired) electrons. The van der Waals surface area contributed by atoms with Crippen LogP contribution in [0.5, 0.6) is 0 Å². The molecule has 1 N–H and O–H groups in total. The molecule has 1 fully saturated rings. The number of H-pyrrole nitrogens is 1. The van der Waals surface area contributed by atoms with Crippen LogP contribution in [-0.2, 0) is 16.4 Å². The van der Waals surface area contributed by atoms with E-state index >= 15 is 0 Å². The average Bonchev–Trinajstić information content (AvgIpc) is 2.54. The van der Waals surface area contributed by atoms with Gasteiger partial charge in [-0.3, -0.25) is 9.69 Å². The number of nitrogens with one attached hydrogen (secondary N) is 1. The summed E-state index contributed by atoms with van der Waals surface area (Å²) in [6.45, 7) is 4.48. The molecule has 1 aliphatic rings. The van der Waals surface area contributed by atoms with Crippen molar-refractivity contribution < 1.29 is 8.42 Å². The molecule has 2 heterocycles. The molecule has 0 spiro atoms. The molecule has 0 bridgehead atoms. The van der Waals surface area contributed by atoms with Crippen LogP contribution >= 0.6 is 0 Å². The van der Waals surface area contributed by atoms with Gasteiger partial charge >= 0.3 is 0 Å². The van der Waals surface area contributed by atoms with Crippen LogP contribution in [0.25, 0.3) is 0 Å². The van der Waals surface area contributed by atoms with Crippen molar-refractivity contribution in [2.45, 2.75) is 37.1 Å². The Balaban J connectivity index is 1.60. The maximum Gasteiger partial charge on any atom is 0.251 e. The molecule has 0 aliphatic carbocycles. The van der Waals surface area contributed by atoms with Crippen LogP contribution in [0.1, 0.15) is 35.8 Å². The van der Waals surface area contributed by atoms with Crippen LogP contribution in [-0.4, -0.2) is 42.6 Å². The first-order valence-corrected chi connectivity index (χ1v) is 10.3. The summed E-state index contributed by atoms with van der Waals surface area (Å²) in [6, 6.07) is 8.70. The van der Waals surface area contributed by atoms with Crippen molar-refractivity contribution in [1.82, 2.24) is 14.9 Å². The van der Waals surface area contributed by atoms with Crippen LogP contribution in [0.15, 0.2) is 40.0 Å². The number of aromatic nitrogens is 2. The Kier molecular flexibility index (Phi) is 5.06. The van der Waals surface area contributed by atoms with Gasteiger partial charge in [-0.25, -0.2) is 13.4 Å². The second-order valence-corrected chi connectivity index (χ2v) is 8.74. The third kappa shape index (κ3) is 4.55. The molecule has 0 unspecified atom stereocenters. The maximum absolute atomic E-state index is 11.6. The van der Waals surface area contributed by atoms with Gasteiger partial charge in [0, 0.05) is 24.8 Å². The van der Waals surface area contributed by atoms with E-state index in [1.165, 1.54) is 6.26 Å². The van der Waals surface area contributed by atoms with Crippen LogP contribution in [0.2, 0.25) is 0 Å². The summed E-state index contributed by atoms with van der Waals surface area (Å²) in [5.41, 5.74) is 1.91. The highest BCUT2D eigenvalue weighted by Crippen LogP contribution is 2.26. The lowest BCUT2D eigenvalue weighted by Crippen LogP contribution is -2.33. The van der Waals surface area contributed by atoms with E-state index in [-0.39, 0.29) is 5.56 Å². The van der Waals surface area contributed by atoms with Crippen molar-refractivity contribution in [2.24, 2.45) is 0 Å². The normalized spacial score (nSPS) is 16.9. The molecule has 7 heteroatoms. The number of rotatable bonds is 4. The Labute approximate surface area is 147 Å². The molecule has 134 valence electrons. The summed E-state index contributed by atoms with van der Waals surface area (Å²) >= 11 is 0. The summed E-state index contributed by atoms with van der Waals surface area (Å²) in [6.07, 6.45) is 3.16. The van der Waals surface area contributed by atoms with Gasteiger partial charge in [-0.15, -0.1) is 0 Å². The Hall–Kier alpha value is -1.99. The molecule has 1 aromatic heterocycles. The number of sulfone groups is 1. The van der Waals surface area contributed by atoms with Crippen LogP contribution in [0.3, 0.4) is 0 Å². The number of hydrogen-bond donors (Lipinski definition) is 1. The van der Waals surface area contributed by atoms with Crippen molar-refractivity contribution in [2.75, 3.05) is 19.3 Å². The summed E-state index contributed by atoms with van der Waals surface area (Å²) in [7, 11) is -3.15. The minimum Gasteiger partial charge on any atom is -0.311 e. The summed E-state index contributed by atoms with van der Waals surface area (Å²) in [5, 5.41) is 0. The van der Waals surface area contributed by atoms with Gasteiger partial charge in [-0.2, -0.15) is 0 Å². The van der Waals surface area contributed by atoms with Crippen molar-refractivity contribution in [1.29, 1.82) is 0 Å². The molecule has 25 heavy (non-hydrogen) atoms. The summed E-state index contributed by atoms with van der Waals surface area (Å²) in [5.74, 6) is 0.987. The van der Waals surface area contributed by atoms with Crippen molar-refractivity contribution >= 4 is 9.84 Å². The molecule has 0 saturated carbocycles. The van der Waals surface area contributed by atoms with E-state index in [1.54, 1.807) is 25.1 Å². The SMILES string of the molecule is Cc1nc(C2CCN(Cc3ccc(S(C)(=O)=O)cc3)CC2)cc(=O)[nH]1. The average molecular weight is 361 g/mol. The lowest BCUT2D eigenvalue weighted by molar-refractivity contribution is 0.203. The van der Waals surface area contributed by atoms with Gasteiger partial charge in [0.1, 0.15) is 5.82 Å². The maximum atomic E-state index is 11.6. The number of hydrogen-bond acceptors (Lipinski definition) is 5. The quantitative estimate of drug-likeness (QED) is 0.899. The van der Waals surface area contributed by atoms with Gasteiger partial charge in [0.05, 0.1) is 10.6 Å². The minimum atomic E-state index is -3.15. The van der Waals surface area contributed by atoms with Crippen molar-refractivity contribution in [3.05, 3.63) is 57.8 Å². The first-order chi connectivity index (χ1) is 11.8. The molecule has 1 aromatic carbocycles. The predicted molar refractivity (Wildman–Crippen MR) is 96.4 cm³/mol. The second kappa shape index (κ2) is 7.09. The molecule has 0 amide bonds. The van der Waals surface area contributed by atoms with Crippen molar-refractivity contribution in [3.8, 4) is 0 Å². The van der Waals surface area contributed by atoms with Gasteiger partial charge in [0.2, 0.25) is 0 Å². The molecule has 2 aromatic rings. The number of aromatic amines is 1. The highest BCUT2D eigenvalue weighted by atomic mass is 32.2. The van der Waals surface area contributed by atoms with Gasteiger partial charge in [0.15, 0.2) is 9.84 Å². The zero-order valence-corrected chi connectivity index (χ0v) is 15.3. The fraction of sp³-hybridized carbons (Fsp3) is 0.444. The molecule has 1 aliphatic heterocycles. The Morgan fingerprint density at radius 1 is 1.20 bits per heavy atom. The molecular formula is C18H23N3O3S. The largest absolute Gasteiger partial charge is 0.311 e. The molecule has 0 atom stereocenters. The fourth-order valence-corrected chi connectivity index (χ4v) is 3.93. The lowest BCUT2D eigenvalue weighted by Gasteiger charge is -2.31. The van der Waals surface area contributed by atoms with Crippen LogP contribution in [0, 0.1) is 6.92 Å². The van der Waals surface area contributed by atoms with Gasteiger partial charge < -0.3 is 4.98 Å². The summed E-state index contributed by atoms with van der Waals surface area (Å²) < 4.78 is 23.0. The first-order valence-electron chi connectivity index (χ1n) is 8.40. The molecule has 6 nitrogen and oxygen atoms in total. The summed E-state index contributed by atoms with van der Waals surface area (Å²) in [4.78, 5) is 21.5. The smallest absolute Gasteiger partial charge is 0.251 e. The van der Waals surface area contributed by atoms with E-state index in [2.05, 4.69) is 14.9 Å². The number of aryl methyl sites for hydroxylation is 1. The molecular weight excluding hydrogens is 338 g/mol. The van der Waals surface area contributed by atoms with E-state index in [9.17, 15) is 13.2 Å². The van der Waals surface area contributed by atoms with Gasteiger partial charge in [0.25, 0.3) is 5.56 Å². The van der Waals surface area contributed by atoms with Crippen molar-refractivity contribution in [3.63, 3.8) is 0 Å². The van der Waals surface area contributed by atoms with Gasteiger partial charge in [-0.1, -0.05) is 12.1 Å². The standard InChI is InChI=1S/C18H23N3O3S/c1-13-19-17(11-18(22)20-13)15-7-9-21(10-8-15)12-14-3-5-16(6-4-14)25(2,23)24/h3-6,11,15H,7-10,12H2,1-2H3,(H,19,20,22). The van der Waals surface area contributed by atoms with E-state index in [4.69, 9.17) is 0 Å². The highest BCUT2D eigenvalue weighted by Gasteiger charge is 2.22. The highest BCUT2D eigenvalue weighted by molar-refractivity contribution is 7.90. The topological polar surface area (TPSA) is 83.1 Å². The third-order valence-electron chi connectivity index (χ3n) is 4.64. The molecule has 3 rings (SSSR count). The molecule has 1 saturated heterocycles. The Morgan fingerprint density at radius 2 is 1.84 bits per heavy atom. The van der Waals surface area contributed by atoms with E-state index < -0.39 is 9.84 Å². The lowest BCUT2D eigenvalue weighted by atomic mass is 9.93. The van der Waals surface area contributed by atoms with E-state index in [1.807, 2.05) is 12.1 Å². The third-order valence-corrected chi connectivity index (χ3v) is 5.77. The first kappa shape index (κ1) is 17.8. The van der Waals surface area contributed by atoms with Crippen LogP contribution < -0.4 is 5.56 Å². The number of benzene rings is 1. The second-order valence-electron chi connectivity index (χ2n) is 6.72. The fourth-order valence-electron chi connectivity index (χ4n) is 3.30. The zero-order valence-electron chi connectivity index (χ0n) is 14.5. The number of likely N-dealkylation sites (tertiary alicyclic amines) is 1. The van der Waals surface area contributed by atoms with Gasteiger partial charge in [-0.05, 0) is 50.6 Å². The predicted octanol–water partition coefficient (Wildman–Crippen LogP) is 1.86. The number of piperidine rings is 1. The minimum absolute atomic E-state index is 0.0871. The Morgan fingerprint density at radius 3 is 2.40 bits per heavy atom. The Bertz CT molecular complexity index is 896. The van der Waals surface area contributed by atoms with E-state index in [0.29, 0.717) is 16.6 Å². The van der Waals surface area contributed by atoms with Crippen LogP contribution in [0.4, 0.5) is 0 Å². The number of nitrogens with zero attached hydrogens (tertiary/aromatic N) is 2.